The zero-order valence-corrected chi connectivity index (χ0v) is 9.87. The van der Waals surface area contributed by atoms with Crippen LogP contribution in [0.25, 0.3) is 5.65 Å². The van der Waals surface area contributed by atoms with Gasteiger partial charge in [-0.2, -0.15) is 0 Å². The highest BCUT2D eigenvalue weighted by Crippen LogP contribution is 2.25. The Labute approximate surface area is 107 Å². The lowest BCUT2D eigenvalue weighted by atomic mass is 9.93. The van der Waals surface area contributed by atoms with Gasteiger partial charge < -0.3 is 0 Å². The SMILES string of the molecule is O=Cc1cc(C2CCC(=O)NC2=O)n2cnnc2c1. The summed E-state index contributed by atoms with van der Waals surface area (Å²) in [5.41, 5.74) is 1.55. The molecule has 96 valence electrons. The summed E-state index contributed by atoms with van der Waals surface area (Å²) in [6, 6.07) is 3.22. The minimum atomic E-state index is -0.476. The quantitative estimate of drug-likeness (QED) is 0.607. The molecule has 7 nitrogen and oxygen atoms in total. The summed E-state index contributed by atoms with van der Waals surface area (Å²) >= 11 is 0. The van der Waals surface area contributed by atoms with E-state index >= 15 is 0 Å². The zero-order chi connectivity index (χ0) is 13.4. The second-order valence-corrected chi connectivity index (χ2v) is 4.39. The van der Waals surface area contributed by atoms with Crippen LogP contribution < -0.4 is 5.32 Å². The molecule has 2 amide bonds. The average molecular weight is 258 g/mol. The summed E-state index contributed by atoms with van der Waals surface area (Å²) < 4.78 is 1.66. The van der Waals surface area contributed by atoms with Crippen molar-refractivity contribution in [1.82, 2.24) is 19.9 Å². The summed E-state index contributed by atoms with van der Waals surface area (Å²) in [5.74, 6) is -1.10. The predicted octanol–water partition coefficient (Wildman–Crippen LogP) is 0.0620. The van der Waals surface area contributed by atoms with Gasteiger partial charge in [0.25, 0.3) is 0 Å². The van der Waals surface area contributed by atoms with E-state index in [1.54, 1.807) is 16.5 Å². The summed E-state index contributed by atoms with van der Waals surface area (Å²) in [7, 11) is 0. The lowest BCUT2D eigenvalue weighted by molar-refractivity contribution is -0.134. The molecule has 1 fully saturated rings. The Morgan fingerprint density at radius 3 is 2.95 bits per heavy atom. The molecule has 0 saturated carbocycles. The minimum absolute atomic E-state index is 0.271. The molecule has 0 bridgehead atoms. The second kappa shape index (κ2) is 4.27. The topological polar surface area (TPSA) is 93.4 Å². The van der Waals surface area contributed by atoms with Crippen molar-refractivity contribution in [3.63, 3.8) is 0 Å². The molecule has 0 aromatic carbocycles. The summed E-state index contributed by atoms with van der Waals surface area (Å²) in [5, 5.41) is 9.95. The van der Waals surface area contributed by atoms with Gasteiger partial charge in [0.2, 0.25) is 11.8 Å². The number of nitrogens with zero attached hydrogens (tertiary/aromatic N) is 3. The van der Waals surface area contributed by atoms with Crippen molar-refractivity contribution in [3.05, 3.63) is 29.7 Å². The van der Waals surface area contributed by atoms with Crippen LogP contribution in [0, 0.1) is 0 Å². The summed E-state index contributed by atoms with van der Waals surface area (Å²) in [4.78, 5) is 34.0. The van der Waals surface area contributed by atoms with E-state index < -0.39 is 5.92 Å². The van der Waals surface area contributed by atoms with Crippen molar-refractivity contribution in [1.29, 1.82) is 0 Å². The van der Waals surface area contributed by atoms with E-state index in [0.29, 0.717) is 29.6 Å². The molecule has 0 radical (unpaired) electrons. The fourth-order valence-corrected chi connectivity index (χ4v) is 2.28. The van der Waals surface area contributed by atoms with Gasteiger partial charge in [-0.05, 0) is 18.6 Å². The smallest absolute Gasteiger partial charge is 0.235 e. The Morgan fingerprint density at radius 2 is 2.21 bits per heavy atom. The second-order valence-electron chi connectivity index (χ2n) is 4.39. The first-order valence-corrected chi connectivity index (χ1v) is 5.81. The largest absolute Gasteiger partial charge is 0.298 e. The van der Waals surface area contributed by atoms with Crippen molar-refractivity contribution in [2.24, 2.45) is 0 Å². The molecule has 1 aliphatic rings. The summed E-state index contributed by atoms with van der Waals surface area (Å²) in [6.45, 7) is 0. The molecule has 0 spiro atoms. The average Bonchev–Trinajstić information content (AvgIpc) is 2.86. The van der Waals surface area contributed by atoms with Crippen molar-refractivity contribution in [2.45, 2.75) is 18.8 Å². The number of rotatable bonds is 2. The number of fused-ring (bicyclic) bond motifs is 1. The Hall–Kier alpha value is -2.57. The van der Waals surface area contributed by atoms with Crippen LogP contribution in [-0.2, 0) is 9.59 Å². The first-order valence-electron chi connectivity index (χ1n) is 5.81. The number of aromatic nitrogens is 3. The van der Waals surface area contributed by atoms with Crippen LogP contribution >= 0.6 is 0 Å². The number of pyridine rings is 1. The molecule has 0 aliphatic carbocycles. The normalized spacial score (nSPS) is 19.5. The maximum Gasteiger partial charge on any atom is 0.235 e. The molecular formula is C12H10N4O3. The van der Waals surface area contributed by atoms with E-state index in [2.05, 4.69) is 15.5 Å². The Morgan fingerprint density at radius 1 is 1.37 bits per heavy atom. The third kappa shape index (κ3) is 1.88. The van der Waals surface area contributed by atoms with Crippen LogP contribution in [0.15, 0.2) is 18.5 Å². The van der Waals surface area contributed by atoms with Crippen molar-refractivity contribution < 1.29 is 14.4 Å². The molecular weight excluding hydrogens is 248 g/mol. The van der Waals surface area contributed by atoms with Gasteiger partial charge in [0.1, 0.15) is 12.6 Å². The fourth-order valence-electron chi connectivity index (χ4n) is 2.28. The minimum Gasteiger partial charge on any atom is -0.298 e. The maximum absolute atomic E-state index is 11.9. The molecule has 19 heavy (non-hydrogen) atoms. The van der Waals surface area contributed by atoms with E-state index in [9.17, 15) is 14.4 Å². The van der Waals surface area contributed by atoms with Gasteiger partial charge in [0.15, 0.2) is 5.65 Å². The Balaban J connectivity index is 2.13. The molecule has 2 aromatic rings. The molecule has 1 unspecified atom stereocenters. The number of carbonyl (C=O) groups is 3. The van der Waals surface area contributed by atoms with Crippen molar-refractivity contribution >= 4 is 23.7 Å². The number of imide groups is 1. The van der Waals surface area contributed by atoms with E-state index in [1.165, 1.54) is 6.33 Å². The van der Waals surface area contributed by atoms with Crippen LogP contribution in [0.3, 0.4) is 0 Å². The molecule has 2 aromatic heterocycles. The molecule has 1 N–H and O–H groups in total. The molecule has 3 rings (SSSR count). The highest BCUT2D eigenvalue weighted by atomic mass is 16.2. The van der Waals surface area contributed by atoms with Gasteiger partial charge in [-0.25, -0.2) is 0 Å². The van der Waals surface area contributed by atoms with E-state index in [-0.39, 0.29) is 18.2 Å². The maximum atomic E-state index is 11.9. The highest BCUT2D eigenvalue weighted by molar-refractivity contribution is 6.01. The predicted molar refractivity (Wildman–Crippen MR) is 63.5 cm³/mol. The molecule has 1 atom stereocenters. The van der Waals surface area contributed by atoms with Gasteiger partial charge in [0.05, 0.1) is 5.92 Å². The fraction of sp³-hybridized carbons (Fsp3) is 0.250. The third-order valence-electron chi connectivity index (χ3n) is 3.19. The molecule has 1 aliphatic heterocycles. The van der Waals surface area contributed by atoms with Gasteiger partial charge in [0, 0.05) is 17.7 Å². The third-order valence-corrected chi connectivity index (χ3v) is 3.19. The monoisotopic (exact) mass is 258 g/mol. The Bertz CT molecular complexity index is 691. The van der Waals surface area contributed by atoms with E-state index in [4.69, 9.17) is 0 Å². The number of hydrogen-bond acceptors (Lipinski definition) is 5. The van der Waals surface area contributed by atoms with E-state index in [1.807, 2.05) is 0 Å². The van der Waals surface area contributed by atoms with Crippen molar-refractivity contribution in [2.75, 3.05) is 0 Å². The number of hydrogen-bond donors (Lipinski definition) is 1. The van der Waals surface area contributed by atoms with Crippen LogP contribution in [0.4, 0.5) is 0 Å². The number of nitrogens with one attached hydrogen (secondary N) is 1. The lowest BCUT2D eigenvalue weighted by Crippen LogP contribution is -2.40. The Kier molecular flexibility index (Phi) is 2.59. The summed E-state index contributed by atoms with van der Waals surface area (Å²) in [6.07, 6.45) is 2.89. The zero-order valence-electron chi connectivity index (χ0n) is 9.87. The number of aldehydes is 1. The van der Waals surface area contributed by atoms with Crippen LogP contribution in [0.1, 0.15) is 34.8 Å². The van der Waals surface area contributed by atoms with Gasteiger partial charge in [-0.1, -0.05) is 0 Å². The van der Waals surface area contributed by atoms with Gasteiger partial charge in [-0.3, -0.25) is 24.1 Å². The number of amides is 2. The van der Waals surface area contributed by atoms with E-state index in [0.717, 1.165) is 0 Å². The first kappa shape index (κ1) is 11.5. The van der Waals surface area contributed by atoms with Gasteiger partial charge in [-0.15, -0.1) is 10.2 Å². The molecule has 7 heteroatoms. The molecule has 3 heterocycles. The van der Waals surface area contributed by atoms with Gasteiger partial charge >= 0.3 is 0 Å². The molecule has 1 saturated heterocycles. The van der Waals surface area contributed by atoms with Crippen molar-refractivity contribution in [3.8, 4) is 0 Å². The number of carbonyl (C=O) groups excluding carboxylic acids is 3. The van der Waals surface area contributed by atoms with Crippen LogP contribution in [0.5, 0.6) is 0 Å². The standard InChI is InChI=1S/C12H10N4O3/c17-5-7-3-9(16-6-13-15-10(16)4-7)8-1-2-11(18)14-12(8)19/h3-6,8H,1-2H2,(H,14,18,19). The highest BCUT2D eigenvalue weighted by Gasteiger charge is 2.30. The number of piperidine rings is 1. The lowest BCUT2D eigenvalue weighted by Gasteiger charge is -2.21. The first-order chi connectivity index (χ1) is 9.19. The van der Waals surface area contributed by atoms with Crippen LogP contribution in [0.2, 0.25) is 0 Å². The van der Waals surface area contributed by atoms with Crippen LogP contribution in [-0.4, -0.2) is 32.7 Å².